The second-order valence-electron chi connectivity index (χ2n) is 7.35. The zero-order valence-corrected chi connectivity index (χ0v) is 18.2. The van der Waals surface area contributed by atoms with E-state index in [0.717, 1.165) is 5.69 Å². The molecule has 8 nitrogen and oxygen atoms in total. The summed E-state index contributed by atoms with van der Waals surface area (Å²) in [7, 11) is 0. The molecule has 4 aromatic rings. The van der Waals surface area contributed by atoms with Crippen molar-refractivity contribution in [3.63, 3.8) is 0 Å². The first-order valence-electron chi connectivity index (χ1n) is 10.4. The summed E-state index contributed by atoms with van der Waals surface area (Å²) >= 11 is 1.48. The van der Waals surface area contributed by atoms with E-state index < -0.39 is 0 Å². The zero-order valence-electron chi connectivity index (χ0n) is 17.4. The number of ether oxygens (including phenoxy) is 1. The number of fused-ring (bicyclic) bond motifs is 2. The van der Waals surface area contributed by atoms with Gasteiger partial charge in [0, 0.05) is 12.2 Å². The van der Waals surface area contributed by atoms with Gasteiger partial charge in [0.2, 0.25) is 5.91 Å². The molecule has 0 aliphatic carbocycles. The number of benzene rings is 2. The lowest BCUT2D eigenvalue weighted by atomic mass is 10.2. The first-order chi connectivity index (χ1) is 15.7. The van der Waals surface area contributed by atoms with Crippen molar-refractivity contribution in [3.05, 3.63) is 71.1 Å². The summed E-state index contributed by atoms with van der Waals surface area (Å²) in [6.45, 7) is 2.40. The van der Waals surface area contributed by atoms with Crippen molar-refractivity contribution < 1.29 is 9.53 Å². The topological polar surface area (TPSA) is 91.0 Å². The van der Waals surface area contributed by atoms with Gasteiger partial charge < -0.3 is 10.1 Å². The van der Waals surface area contributed by atoms with E-state index in [4.69, 9.17) is 9.72 Å². The summed E-state index contributed by atoms with van der Waals surface area (Å²) in [5, 5.41) is 8.33. The van der Waals surface area contributed by atoms with Crippen molar-refractivity contribution in [2.45, 2.75) is 24.5 Å². The molecule has 0 spiro atoms. The third-order valence-corrected chi connectivity index (χ3v) is 6.35. The van der Waals surface area contributed by atoms with Gasteiger partial charge in [-0.2, -0.15) is 5.10 Å². The Balaban J connectivity index is 1.42. The van der Waals surface area contributed by atoms with Crippen LogP contribution >= 0.6 is 11.8 Å². The van der Waals surface area contributed by atoms with Crippen LogP contribution in [-0.2, 0) is 4.79 Å². The average Bonchev–Trinajstić information content (AvgIpc) is 3.41. The first kappa shape index (κ1) is 20.3. The Morgan fingerprint density at radius 3 is 2.78 bits per heavy atom. The molecule has 1 unspecified atom stereocenters. The van der Waals surface area contributed by atoms with Gasteiger partial charge in [0.15, 0.2) is 10.8 Å². The summed E-state index contributed by atoms with van der Waals surface area (Å²) in [5.74, 6) is 1.05. The van der Waals surface area contributed by atoms with Gasteiger partial charge in [-0.05, 0) is 31.2 Å². The molecule has 0 fully saturated rings. The molecule has 3 heterocycles. The lowest BCUT2D eigenvalue weighted by Gasteiger charge is -2.15. The quantitative estimate of drug-likeness (QED) is 0.454. The number of para-hydroxylation sites is 3. The van der Waals surface area contributed by atoms with E-state index >= 15 is 0 Å². The molecule has 162 valence electrons. The van der Waals surface area contributed by atoms with Crippen LogP contribution in [0.1, 0.15) is 19.4 Å². The molecule has 0 saturated heterocycles. The van der Waals surface area contributed by atoms with E-state index in [1.165, 1.54) is 11.8 Å². The van der Waals surface area contributed by atoms with Crippen LogP contribution in [0.5, 0.6) is 5.75 Å². The fourth-order valence-electron chi connectivity index (χ4n) is 3.81. The predicted molar refractivity (Wildman–Crippen MR) is 124 cm³/mol. The third kappa shape index (κ3) is 3.64. The molecule has 9 heteroatoms. The van der Waals surface area contributed by atoms with Crippen molar-refractivity contribution in [2.75, 3.05) is 17.7 Å². The zero-order chi connectivity index (χ0) is 22.1. The molecule has 0 saturated carbocycles. The smallest absolute Gasteiger partial charge is 0.265 e. The van der Waals surface area contributed by atoms with Gasteiger partial charge in [-0.15, -0.1) is 0 Å². The number of hydrogen-bond acceptors (Lipinski definition) is 6. The molecular weight excluding hydrogens is 426 g/mol. The molecule has 32 heavy (non-hydrogen) atoms. The highest BCUT2D eigenvalue weighted by atomic mass is 32.2. The molecular formula is C23H21N5O3S. The van der Waals surface area contributed by atoms with Crippen LogP contribution in [0.3, 0.4) is 0 Å². The van der Waals surface area contributed by atoms with E-state index in [-0.39, 0.29) is 23.9 Å². The van der Waals surface area contributed by atoms with Gasteiger partial charge >= 0.3 is 0 Å². The van der Waals surface area contributed by atoms with Crippen molar-refractivity contribution >= 4 is 34.4 Å². The maximum atomic E-state index is 13.3. The van der Waals surface area contributed by atoms with Crippen LogP contribution in [0, 0.1) is 0 Å². The Morgan fingerprint density at radius 1 is 1.19 bits per heavy atom. The maximum absolute atomic E-state index is 13.3. The number of thioether (sulfide) groups is 1. The molecule has 1 atom stereocenters. The summed E-state index contributed by atoms with van der Waals surface area (Å²) in [4.78, 5) is 30.7. The van der Waals surface area contributed by atoms with Crippen molar-refractivity contribution in [2.24, 2.45) is 0 Å². The number of nitrogens with one attached hydrogen (secondary N) is 1. The Kier molecular flexibility index (Phi) is 5.40. The fraction of sp³-hybridized carbons (Fsp3) is 0.217. The highest BCUT2D eigenvalue weighted by molar-refractivity contribution is 7.99. The van der Waals surface area contributed by atoms with E-state index in [0.29, 0.717) is 40.0 Å². The van der Waals surface area contributed by atoms with E-state index in [1.807, 2.05) is 55.5 Å². The van der Waals surface area contributed by atoms with E-state index in [2.05, 4.69) is 10.4 Å². The van der Waals surface area contributed by atoms with Crippen molar-refractivity contribution in [1.29, 1.82) is 0 Å². The molecule has 0 radical (unpaired) electrons. The van der Waals surface area contributed by atoms with Crippen molar-refractivity contribution in [3.8, 4) is 11.4 Å². The molecule has 1 aliphatic rings. The van der Waals surface area contributed by atoms with Crippen LogP contribution in [0.4, 0.5) is 5.69 Å². The number of amides is 1. The first-order valence-corrected chi connectivity index (χ1v) is 11.3. The highest BCUT2D eigenvalue weighted by Gasteiger charge is 2.29. The molecule has 1 aliphatic heterocycles. The largest absolute Gasteiger partial charge is 0.492 e. The van der Waals surface area contributed by atoms with Gasteiger partial charge in [0.25, 0.3) is 5.56 Å². The van der Waals surface area contributed by atoms with E-state index in [1.54, 1.807) is 21.5 Å². The maximum Gasteiger partial charge on any atom is 0.265 e. The monoisotopic (exact) mass is 447 g/mol. The number of aromatic nitrogens is 4. The van der Waals surface area contributed by atoms with Gasteiger partial charge in [0.1, 0.15) is 11.1 Å². The Bertz CT molecular complexity index is 1350. The van der Waals surface area contributed by atoms with Gasteiger partial charge in [-0.1, -0.05) is 42.1 Å². The second kappa shape index (κ2) is 8.51. The molecule has 0 bridgehead atoms. The van der Waals surface area contributed by atoms with E-state index in [9.17, 15) is 9.59 Å². The van der Waals surface area contributed by atoms with Crippen LogP contribution in [0.15, 0.2) is 70.7 Å². The second-order valence-corrected chi connectivity index (χ2v) is 8.33. The summed E-state index contributed by atoms with van der Waals surface area (Å²) in [6, 6.07) is 16.6. The molecule has 1 N–H and O–H groups in total. The van der Waals surface area contributed by atoms with Gasteiger partial charge in [-0.3, -0.25) is 14.2 Å². The number of anilines is 1. The Labute approximate surface area is 188 Å². The average molecular weight is 448 g/mol. The van der Waals surface area contributed by atoms with Crippen LogP contribution in [-0.4, -0.2) is 37.6 Å². The van der Waals surface area contributed by atoms with Crippen molar-refractivity contribution in [1.82, 2.24) is 19.3 Å². The number of carbonyl (C=O) groups excluding carboxylic acids is 1. The van der Waals surface area contributed by atoms with Gasteiger partial charge in [-0.25, -0.2) is 9.67 Å². The minimum Gasteiger partial charge on any atom is -0.492 e. The molecule has 2 aromatic carbocycles. The fourth-order valence-corrected chi connectivity index (χ4v) is 4.94. The lowest BCUT2D eigenvalue weighted by Crippen LogP contribution is -2.27. The predicted octanol–water partition coefficient (Wildman–Crippen LogP) is 3.66. The molecule has 2 aromatic heterocycles. The third-order valence-electron chi connectivity index (χ3n) is 5.25. The normalized spacial score (nSPS) is 15.0. The highest BCUT2D eigenvalue weighted by Crippen LogP contribution is 2.34. The number of carbonyl (C=O) groups is 1. The number of rotatable bonds is 6. The molecule has 1 amide bonds. The summed E-state index contributed by atoms with van der Waals surface area (Å²) < 4.78 is 8.87. The summed E-state index contributed by atoms with van der Waals surface area (Å²) in [5.41, 5.74) is 1.81. The van der Waals surface area contributed by atoms with Gasteiger partial charge in [0.05, 0.1) is 30.2 Å². The molecule has 5 rings (SSSR count). The van der Waals surface area contributed by atoms with Crippen LogP contribution in [0.25, 0.3) is 16.7 Å². The summed E-state index contributed by atoms with van der Waals surface area (Å²) in [6.07, 6.45) is 1.71. The SMILES string of the molecule is CCOc1ccccc1NC(=O)CC1CSc2nc3c(cnn3-c3ccccc3)c(=O)n21. The Hall–Kier alpha value is -3.59. The van der Waals surface area contributed by atoms with Crippen LogP contribution < -0.4 is 15.6 Å². The van der Waals surface area contributed by atoms with Crippen LogP contribution in [0.2, 0.25) is 0 Å². The standard InChI is InChI=1S/C23H21N5O3S/c1-2-31-19-11-7-6-10-18(19)25-20(29)12-16-14-32-23-26-21-17(22(30)27(16)23)13-24-28(21)15-8-4-3-5-9-15/h3-11,13,16H,2,12,14H2,1H3,(H,25,29). The number of nitrogens with zero attached hydrogens (tertiary/aromatic N) is 4. The minimum atomic E-state index is -0.279. The lowest BCUT2D eigenvalue weighted by molar-refractivity contribution is -0.116. The minimum absolute atomic E-state index is 0.167. The number of hydrogen-bond donors (Lipinski definition) is 1. The Morgan fingerprint density at radius 2 is 1.97 bits per heavy atom.